The lowest BCUT2D eigenvalue weighted by Gasteiger charge is -2.22. The van der Waals surface area contributed by atoms with Crippen LogP contribution in [0.2, 0.25) is 0 Å². The summed E-state index contributed by atoms with van der Waals surface area (Å²) in [7, 11) is 1.37. The summed E-state index contributed by atoms with van der Waals surface area (Å²) in [6.45, 7) is 3.25. The lowest BCUT2D eigenvalue weighted by Crippen LogP contribution is -2.39. The molecule has 1 heterocycles. The summed E-state index contributed by atoms with van der Waals surface area (Å²) in [4.78, 5) is 66.3. The van der Waals surface area contributed by atoms with Crippen LogP contribution in [-0.4, -0.2) is 67.4 Å². The Bertz CT molecular complexity index is 1990. The molecule has 3 N–H and O–H groups in total. The number of hydrogen-bond donors (Lipinski definition) is 3. The van der Waals surface area contributed by atoms with Crippen molar-refractivity contribution < 1.29 is 33.4 Å². The third-order valence-electron chi connectivity index (χ3n) is 9.70. The Kier molecular flexibility index (Phi) is 12.9. The standard InChI is InChI=1S/C42H46N4O7S/c1-3-53-42(51)39(49)43-23-24-46(33-21-22-33)26-29-7-6-8-31(25-29)37(47)45-40-36(34-9-4-5-10-35(34)54-40)38(48)44-32-19-15-28(16-20-32)12-11-27-13-17-30(18-14-27)41(50)52-2/h6-8,13-20,25,33H,3-5,9-12,21-24,26H2,1-2H3,(H,43,49)(H,44,48)(H,45,47). The number of esters is 2. The van der Waals surface area contributed by atoms with E-state index in [1.54, 1.807) is 25.1 Å². The number of amides is 3. The van der Waals surface area contributed by atoms with Gasteiger partial charge in [0.2, 0.25) is 0 Å². The number of rotatable bonds is 15. The number of carbonyl (C=O) groups excluding carboxylic acids is 5. The number of aryl methyl sites for hydroxylation is 3. The molecular weight excluding hydrogens is 705 g/mol. The molecule has 54 heavy (non-hydrogen) atoms. The second kappa shape index (κ2) is 18.1. The molecule has 2 aliphatic rings. The molecule has 2 aliphatic carbocycles. The van der Waals surface area contributed by atoms with Crippen molar-refractivity contribution in [3.05, 3.63) is 117 Å². The Labute approximate surface area is 319 Å². The predicted molar refractivity (Wildman–Crippen MR) is 208 cm³/mol. The first-order valence-corrected chi connectivity index (χ1v) is 19.4. The Morgan fingerprint density at radius 1 is 0.815 bits per heavy atom. The highest BCUT2D eigenvalue weighted by molar-refractivity contribution is 7.17. The Morgan fingerprint density at radius 3 is 2.20 bits per heavy atom. The maximum absolute atomic E-state index is 13.9. The highest BCUT2D eigenvalue weighted by Crippen LogP contribution is 2.39. The van der Waals surface area contributed by atoms with E-state index in [1.807, 2.05) is 54.6 Å². The van der Waals surface area contributed by atoms with Crippen LogP contribution in [0, 0.1) is 0 Å². The van der Waals surface area contributed by atoms with Crippen LogP contribution in [0.4, 0.5) is 10.7 Å². The van der Waals surface area contributed by atoms with Gasteiger partial charge in [-0.15, -0.1) is 11.3 Å². The fourth-order valence-electron chi connectivity index (χ4n) is 6.69. The van der Waals surface area contributed by atoms with Crippen molar-refractivity contribution in [1.29, 1.82) is 0 Å². The number of thiophene rings is 1. The van der Waals surface area contributed by atoms with E-state index in [4.69, 9.17) is 9.47 Å². The fourth-order valence-corrected chi connectivity index (χ4v) is 7.97. The molecule has 0 saturated heterocycles. The first-order valence-electron chi connectivity index (χ1n) is 18.5. The molecule has 0 aliphatic heterocycles. The number of hydrogen-bond acceptors (Lipinski definition) is 9. The van der Waals surface area contributed by atoms with Gasteiger partial charge >= 0.3 is 17.8 Å². The predicted octanol–water partition coefficient (Wildman–Crippen LogP) is 6.35. The number of methoxy groups -OCH3 is 1. The van der Waals surface area contributed by atoms with Crippen molar-refractivity contribution in [2.45, 2.75) is 70.9 Å². The van der Waals surface area contributed by atoms with Gasteiger partial charge in [-0.05, 0) is 117 Å². The summed E-state index contributed by atoms with van der Waals surface area (Å²) in [5.41, 5.74) is 6.41. The molecule has 12 heteroatoms. The van der Waals surface area contributed by atoms with Crippen LogP contribution in [0.5, 0.6) is 0 Å². The molecule has 4 aromatic rings. The summed E-state index contributed by atoms with van der Waals surface area (Å²) >= 11 is 1.48. The van der Waals surface area contributed by atoms with Gasteiger partial charge in [-0.1, -0.05) is 36.4 Å². The van der Waals surface area contributed by atoms with Crippen LogP contribution < -0.4 is 16.0 Å². The molecule has 3 aromatic carbocycles. The van der Waals surface area contributed by atoms with Crippen molar-refractivity contribution >= 4 is 51.7 Å². The Hall–Kier alpha value is -5.33. The first kappa shape index (κ1) is 38.4. The van der Waals surface area contributed by atoms with Crippen LogP contribution in [0.1, 0.15) is 90.8 Å². The van der Waals surface area contributed by atoms with Gasteiger partial charge in [-0.25, -0.2) is 9.59 Å². The van der Waals surface area contributed by atoms with Crippen LogP contribution in [0.15, 0.2) is 72.8 Å². The van der Waals surface area contributed by atoms with Gasteiger partial charge in [0.1, 0.15) is 5.00 Å². The lowest BCUT2D eigenvalue weighted by molar-refractivity contribution is -0.154. The van der Waals surface area contributed by atoms with Crippen molar-refractivity contribution in [3.8, 4) is 0 Å². The second-order valence-corrected chi connectivity index (χ2v) is 14.7. The molecular formula is C42H46N4O7S. The number of anilines is 2. The quantitative estimate of drug-likeness (QED) is 0.0944. The average molecular weight is 751 g/mol. The van der Waals surface area contributed by atoms with E-state index in [-0.39, 0.29) is 24.4 Å². The van der Waals surface area contributed by atoms with Gasteiger partial charge in [0.25, 0.3) is 11.8 Å². The number of ether oxygens (including phenoxy) is 2. The summed E-state index contributed by atoms with van der Waals surface area (Å²) in [6.07, 6.45) is 7.42. The minimum Gasteiger partial charge on any atom is -0.465 e. The molecule has 11 nitrogen and oxygen atoms in total. The monoisotopic (exact) mass is 750 g/mol. The summed E-state index contributed by atoms with van der Waals surface area (Å²) in [5.74, 6) is -2.52. The third-order valence-corrected chi connectivity index (χ3v) is 10.9. The van der Waals surface area contributed by atoms with Crippen LogP contribution >= 0.6 is 11.3 Å². The molecule has 0 bridgehead atoms. The molecule has 3 amide bonds. The normalized spacial score (nSPS) is 13.5. The van der Waals surface area contributed by atoms with Crippen molar-refractivity contribution in [2.24, 2.45) is 0 Å². The minimum absolute atomic E-state index is 0.142. The molecule has 282 valence electrons. The fraction of sp³-hybridized carbons (Fsp3) is 0.357. The van der Waals surface area contributed by atoms with Crippen molar-refractivity contribution in [1.82, 2.24) is 10.2 Å². The van der Waals surface area contributed by atoms with Gasteiger partial charge in [-0.3, -0.25) is 19.3 Å². The highest BCUT2D eigenvalue weighted by Gasteiger charge is 2.30. The Balaban J connectivity index is 1.08. The van der Waals surface area contributed by atoms with Crippen LogP contribution in [0.3, 0.4) is 0 Å². The van der Waals surface area contributed by atoms with E-state index >= 15 is 0 Å². The summed E-state index contributed by atoms with van der Waals surface area (Å²) in [5, 5.41) is 9.33. The molecule has 0 unspecified atom stereocenters. The van der Waals surface area contributed by atoms with Gasteiger partial charge in [-0.2, -0.15) is 0 Å². The molecule has 0 spiro atoms. The van der Waals surface area contributed by atoms with E-state index in [1.165, 1.54) is 18.4 Å². The number of nitrogens with one attached hydrogen (secondary N) is 3. The van der Waals surface area contributed by atoms with Gasteiger partial charge in [0.15, 0.2) is 0 Å². The number of nitrogens with zero attached hydrogens (tertiary/aromatic N) is 1. The van der Waals surface area contributed by atoms with E-state index in [2.05, 4.69) is 20.9 Å². The van der Waals surface area contributed by atoms with Gasteiger partial charge < -0.3 is 25.4 Å². The van der Waals surface area contributed by atoms with Crippen molar-refractivity contribution in [2.75, 3.05) is 37.4 Å². The van der Waals surface area contributed by atoms with E-state index in [9.17, 15) is 24.0 Å². The topological polar surface area (TPSA) is 143 Å². The van der Waals surface area contributed by atoms with E-state index in [0.29, 0.717) is 53.1 Å². The second-order valence-electron chi connectivity index (χ2n) is 13.6. The molecule has 0 radical (unpaired) electrons. The van der Waals surface area contributed by atoms with E-state index in [0.717, 1.165) is 78.5 Å². The number of fused-ring (bicyclic) bond motifs is 1. The van der Waals surface area contributed by atoms with Crippen molar-refractivity contribution in [3.63, 3.8) is 0 Å². The van der Waals surface area contributed by atoms with Gasteiger partial charge in [0, 0.05) is 41.8 Å². The zero-order valence-corrected chi connectivity index (χ0v) is 31.5. The first-order chi connectivity index (χ1) is 26.2. The number of benzene rings is 3. The maximum atomic E-state index is 13.9. The SMILES string of the molecule is CCOC(=O)C(=O)NCCN(Cc1cccc(C(=O)Nc2sc3c(c2C(=O)Nc2ccc(CCc4ccc(C(=O)OC)cc4)cc2)CCCC3)c1)C1CC1. The van der Waals surface area contributed by atoms with E-state index < -0.39 is 11.9 Å². The smallest absolute Gasteiger partial charge is 0.396 e. The van der Waals surface area contributed by atoms with Crippen LogP contribution in [-0.2, 0) is 51.3 Å². The molecule has 1 saturated carbocycles. The molecule has 6 rings (SSSR count). The molecule has 0 atom stereocenters. The average Bonchev–Trinajstić information content (AvgIpc) is 3.97. The minimum atomic E-state index is -0.884. The zero-order valence-electron chi connectivity index (χ0n) is 30.7. The largest absolute Gasteiger partial charge is 0.465 e. The van der Waals surface area contributed by atoms with Gasteiger partial charge in [0.05, 0.1) is 24.8 Å². The maximum Gasteiger partial charge on any atom is 0.396 e. The lowest BCUT2D eigenvalue weighted by atomic mass is 9.95. The summed E-state index contributed by atoms with van der Waals surface area (Å²) in [6, 6.07) is 23.1. The zero-order chi connectivity index (χ0) is 38.0. The highest BCUT2D eigenvalue weighted by atomic mass is 32.1. The molecule has 1 fully saturated rings. The molecule has 1 aromatic heterocycles. The van der Waals surface area contributed by atoms with Crippen LogP contribution in [0.25, 0.3) is 0 Å². The third kappa shape index (κ3) is 10.00. The summed E-state index contributed by atoms with van der Waals surface area (Å²) < 4.78 is 9.54. The number of carbonyl (C=O) groups is 5. The Morgan fingerprint density at radius 2 is 1.52 bits per heavy atom.